The van der Waals surface area contributed by atoms with Gasteiger partial charge in [0.2, 0.25) is 0 Å². The first-order valence-electron chi connectivity index (χ1n) is 13.8. The van der Waals surface area contributed by atoms with Crippen molar-refractivity contribution in [1.29, 1.82) is 0 Å². The van der Waals surface area contributed by atoms with E-state index in [9.17, 15) is 9.59 Å². The molecule has 6 rings (SSSR count). The van der Waals surface area contributed by atoms with Gasteiger partial charge in [0.1, 0.15) is 11.2 Å². The molecule has 2 aliphatic rings. The van der Waals surface area contributed by atoms with Gasteiger partial charge in [0.25, 0.3) is 0 Å². The van der Waals surface area contributed by atoms with Crippen molar-refractivity contribution in [1.82, 2.24) is 9.97 Å². The highest BCUT2D eigenvalue weighted by atomic mass is 16.5. The smallest absolute Gasteiger partial charge is 0.337 e. The van der Waals surface area contributed by atoms with Gasteiger partial charge in [-0.05, 0) is 76.2 Å². The summed E-state index contributed by atoms with van der Waals surface area (Å²) in [5.74, 6) is 1.56. The van der Waals surface area contributed by atoms with Crippen LogP contribution in [-0.4, -0.2) is 58.4 Å². The molecule has 0 amide bonds. The standard InChI is InChI=1S/C17H18N2O3.C16H16N2O3/c1-17(2)10-18-15-14(22-17)8-7-13(19-15)11-5-4-6-12(9-11)16(20)21-3;1-16(2)9-17-14-13(21-16)7-6-12(18-14)10-4-3-5-11(8-10)15(19)20/h4-9H,10H2,1-3H3,(H,18,19);3-8H,9H2,1-2H3,(H,17,18)(H,19,20). The van der Waals surface area contributed by atoms with Crippen LogP contribution >= 0.6 is 0 Å². The Morgan fingerprint density at radius 3 is 1.67 bits per heavy atom. The molecular formula is C33H34N4O6. The highest BCUT2D eigenvalue weighted by Gasteiger charge is 2.28. The Morgan fingerprint density at radius 1 is 0.744 bits per heavy atom. The Labute approximate surface area is 250 Å². The van der Waals surface area contributed by atoms with Crippen LogP contribution in [0.2, 0.25) is 0 Å². The molecule has 0 spiro atoms. The van der Waals surface area contributed by atoms with Crippen LogP contribution in [0.3, 0.4) is 0 Å². The Hall–Kier alpha value is -5.12. The number of hydrogen-bond acceptors (Lipinski definition) is 9. The van der Waals surface area contributed by atoms with Gasteiger partial charge in [-0.1, -0.05) is 24.3 Å². The number of pyridine rings is 2. The maximum absolute atomic E-state index is 11.6. The number of anilines is 2. The van der Waals surface area contributed by atoms with Gasteiger partial charge in [0, 0.05) is 11.1 Å². The lowest BCUT2D eigenvalue weighted by Gasteiger charge is -2.32. The van der Waals surface area contributed by atoms with Crippen LogP contribution in [0.15, 0.2) is 72.8 Å². The van der Waals surface area contributed by atoms with Crippen LogP contribution in [0.4, 0.5) is 11.6 Å². The summed E-state index contributed by atoms with van der Waals surface area (Å²) in [4.78, 5) is 31.8. The van der Waals surface area contributed by atoms with Crippen molar-refractivity contribution in [3.05, 3.63) is 83.9 Å². The number of nitrogens with zero attached hydrogens (tertiary/aromatic N) is 2. The molecule has 4 heterocycles. The number of methoxy groups -OCH3 is 1. The Balaban J connectivity index is 0.000000171. The van der Waals surface area contributed by atoms with Gasteiger partial charge in [0.05, 0.1) is 42.7 Å². The van der Waals surface area contributed by atoms with Gasteiger partial charge in [-0.2, -0.15) is 0 Å². The number of benzene rings is 2. The summed E-state index contributed by atoms with van der Waals surface area (Å²) in [6.45, 7) is 9.43. The molecule has 2 aromatic carbocycles. The van der Waals surface area contributed by atoms with Crippen molar-refractivity contribution in [2.45, 2.75) is 38.9 Å². The number of ether oxygens (including phenoxy) is 3. The van der Waals surface area contributed by atoms with E-state index in [1.54, 1.807) is 30.3 Å². The molecule has 0 unspecified atom stereocenters. The summed E-state index contributed by atoms with van der Waals surface area (Å²) in [5.41, 5.74) is 3.36. The van der Waals surface area contributed by atoms with Crippen molar-refractivity contribution in [2.75, 3.05) is 30.8 Å². The zero-order valence-corrected chi connectivity index (χ0v) is 24.7. The number of aromatic carboxylic acids is 1. The summed E-state index contributed by atoms with van der Waals surface area (Å²) < 4.78 is 16.5. The zero-order valence-electron chi connectivity index (χ0n) is 24.7. The van der Waals surface area contributed by atoms with Crippen LogP contribution in [-0.2, 0) is 4.74 Å². The van der Waals surface area contributed by atoms with Crippen LogP contribution in [0.1, 0.15) is 48.4 Å². The summed E-state index contributed by atoms with van der Waals surface area (Å²) in [6, 6.07) is 21.4. The molecule has 10 nitrogen and oxygen atoms in total. The fourth-order valence-electron chi connectivity index (χ4n) is 4.63. The third kappa shape index (κ3) is 6.86. The van der Waals surface area contributed by atoms with Crippen molar-refractivity contribution in [3.8, 4) is 34.0 Å². The van der Waals surface area contributed by atoms with Crippen LogP contribution in [0.5, 0.6) is 11.5 Å². The third-order valence-electron chi connectivity index (χ3n) is 6.84. The second kappa shape index (κ2) is 11.6. The summed E-state index contributed by atoms with van der Waals surface area (Å²) in [7, 11) is 1.37. The summed E-state index contributed by atoms with van der Waals surface area (Å²) in [6.07, 6.45) is 0. The van der Waals surface area contributed by atoms with E-state index in [4.69, 9.17) is 19.3 Å². The number of aromatic nitrogens is 2. The van der Waals surface area contributed by atoms with Crippen LogP contribution in [0, 0.1) is 0 Å². The fraction of sp³-hybridized carbons (Fsp3) is 0.273. The second-order valence-electron chi connectivity index (χ2n) is 11.5. The van der Waals surface area contributed by atoms with Gasteiger partial charge in [-0.3, -0.25) is 0 Å². The average Bonchev–Trinajstić information content (AvgIpc) is 2.99. The SMILES string of the molecule is CC1(C)CNc2nc(-c3cccc(C(=O)O)c3)ccc2O1.COC(=O)c1cccc(-c2ccc3c(n2)NCC(C)(C)O3)c1. The molecular weight excluding hydrogens is 548 g/mol. The quantitative estimate of drug-likeness (QED) is 0.241. The maximum atomic E-state index is 11.6. The molecule has 0 aliphatic carbocycles. The number of rotatable bonds is 4. The maximum Gasteiger partial charge on any atom is 0.337 e. The van der Waals surface area contributed by atoms with Gasteiger partial charge in [0.15, 0.2) is 23.1 Å². The summed E-state index contributed by atoms with van der Waals surface area (Å²) in [5, 5.41) is 15.6. The number of carboxylic acids is 1. The van der Waals surface area contributed by atoms with E-state index in [1.165, 1.54) is 7.11 Å². The van der Waals surface area contributed by atoms with Crippen molar-refractivity contribution < 1.29 is 28.9 Å². The molecule has 43 heavy (non-hydrogen) atoms. The molecule has 222 valence electrons. The lowest BCUT2D eigenvalue weighted by atomic mass is 10.1. The molecule has 2 aliphatic heterocycles. The van der Waals surface area contributed by atoms with E-state index in [0.29, 0.717) is 35.9 Å². The number of carboxylic acid groups (broad SMARTS) is 1. The molecule has 0 radical (unpaired) electrons. The lowest BCUT2D eigenvalue weighted by molar-refractivity contribution is 0.0599. The Kier molecular flexibility index (Phi) is 7.95. The number of carbonyl (C=O) groups is 2. The third-order valence-corrected chi connectivity index (χ3v) is 6.84. The van der Waals surface area contributed by atoms with Crippen molar-refractivity contribution in [3.63, 3.8) is 0 Å². The van der Waals surface area contributed by atoms with E-state index in [1.807, 2.05) is 70.2 Å². The molecule has 0 atom stereocenters. The zero-order chi connectivity index (χ0) is 30.8. The minimum Gasteiger partial charge on any atom is -0.482 e. The van der Waals surface area contributed by atoms with Crippen molar-refractivity contribution >= 4 is 23.6 Å². The predicted molar refractivity (Wildman–Crippen MR) is 164 cm³/mol. The number of esters is 1. The lowest BCUT2D eigenvalue weighted by Crippen LogP contribution is -2.40. The number of hydrogen-bond donors (Lipinski definition) is 3. The van der Waals surface area contributed by atoms with Gasteiger partial charge >= 0.3 is 11.9 Å². The molecule has 4 aromatic rings. The molecule has 3 N–H and O–H groups in total. The topological polar surface area (TPSA) is 132 Å². The van der Waals surface area contributed by atoms with E-state index < -0.39 is 5.97 Å². The first-order chi connectivity index (χ1) is 20.4. The predicted octanol–water partition coefficient (Wildman–Crippen LogP) is 6.15. The highest BCUT2D eigenvalue weighted by Crippen LogP contribution is 2.35. The van der Waals surface area contributed by atoms with E-state index in [2.05, 4.69) is 20.6 Å². The normalized spacial score (nSPS) is 15.4. The summed E-state index contributed by atoms with van der Waals surface area (Å²) >= 11 is 0. The first-order valence-corrected chi connectivity index (χ1v) is 13.8. The van der Waals surface area contributed by atoms with Gasteiger partial charge in [-0.15, -0.1) is 0 Å². The average molecular weight is 583 g/mol. The molecule has 0 bridgehead atoms. The fourth-order valence-corrected chi connectivity index (χ4v) is 4.63. The molecule has 2 aromatic heterocycles. The minimum absolute atomic E-state index is 0.248. The number of nitrogens with one attached hydrogen (secondary N) is 2. The van der Waals surface area contributed by atoms with Crippen LogP contribution < -0.4 is 20.1 Å². The minimum atomic E-state index is -0.946. The first kappa shape index (κ1) is 29.4. The molecule has 0 fully saturated rings. The monoisotopic (exact) mass is 582 g/mol. The van der Waals surface area contributed by atoms with Gasteiger partial charge < -0.3 is 30.0 Å². The molecule has 10 heteroatoms. The Bertz CT molecular complexity index is 1680. The van der Waals surface area contributed by atoms with Gasteiger partial charge in [-0.25, -0.2) is 19.6 Å². The largest absolute Gasteiger partial charge is 0.482 e. The van der Waals surface area contributed by atoms with Crippen molar-refractivity contribution in [2.24, 2.45) is 0 Å². The van der Waals surface area contributed by atoms with E-state index in [-0.39, 0.29) is 22.7 Å². The number of carbonyl (C=O) groups excluding carboxylic acids is 1. The van der Waals surface area contributed by atoms with Crippen LogP contribution in [0.25, 0.3) is 22.5 Å². The Morgan fingerprint density at radius 2 is 1.21 bits per heavy atom. The number of fused-ring (bicyclic) bond motifs is 2. The highest BCUT2D eigenvalue weighted by molar-refractivity contribution is 5.91. The molecule has 0 saturated carbocycles. The van der Waals surface area contributed by atoms with E-state index >= 15 is 0 Å². The second-order valence-corrected chi connectivity index (χ2v) is 11.5. The molecule has 0 saturated heterocycles. The van der Waals surface area contributed by atoms with E-state index in [0.717, 1.165) is 28.4 Å².